The summed E-state index contributed by atoms with van der Waals surface area (Å²) in [6.45, 7) is 6.47. The fourth-order valence-electron chi connectivity index (χ4n) is 3.57. The van der Waals surface area contributed by atoms with Crippen molar-refractivity contribution in [2.45, 2.75) is 52.9 Å². The van der Waals surface area contributed by atoms with E-state index < -0.39 is 5.97 Å². The third kappa shape index (κ3) is 3.42. The van der Waals surface area contributed by atoms with E-state index in [4.69, 9.17) is 11.6 Å². The molecule has 1 aromatic rings. The van der Waals surface area contributed by atoms with E-state index in [0.717, 1.165) is 37.1 Å². The lowest BCUT2D eigenvalue weighted by molar-refractivity contribution is -0.146. The Kier molecular flexibility index (Phi) is 4.66. The van der Waals surface area contributed by atoms with Crippen LogP contribution < -0.4 is 0 Å². The average molecular weight is 313 g/mol. The number of nitrogens with zero attached hydrogens (tertiary/aromatic N) is 2. The van der Waals surface area contributed by atoms with Crippen LogP contribution in [0.5, 0.6) is 0 Å². The predicted molar refractivity (Wildman–Crippen MR) is 83.5 cm³/mol. The molecule has 0 amide bonds. The third-order valence-corrected chi connectivity index (χ3v) is 5.23. The Balaban J connectivity index is 2.26. The Bertz CT molecular complexity index is 537. The summed E-state index contributed by atoms with van der Waals surface area (Å²) >= 11 is 6.42. The Morgan fingerprint density at radius 2 is 2.19 bits per heavy atom. The van der Waals surface area contributed by atoms with Crippen LogP contribution in [0.15, 0.2) is 0 Å². The van der Waals surface area contributed by atoms with Crippen LogP contribution in [0.25, 0.3) is 0 Å². The van der Waals surface area contributed by atoms with Gasteiger partial charge in [0.05, 0.1) is 22.3 Å². The highest BCUT2D eigenvalue weighted by Crippen LogP contribution is 2.44. The Morgan fingerprint density at radius 3 is 2.71 bits per heavy atom. The maximum atomic E-state index is 11.5. The van der Waals surface area contributed by atoms with Crippen molar-refractivity contribution in [2.24, 2.45) is 24.3 Å². The van der Waals surface area contributed by atoms with E-state index in [2.05, 4.69) is 18.9 Å². The normalized spacial score (nSPS) is 25.0. The van der Waals surface area contributed by atoms with E-state index in [-0.39, 0.29) is 17.3 Å². The number of carbonyl (C=O) groups is 1. The molecule has 0 saturated heterocycles. The van der Waals surface area contributed by atoms with Gasteiger partial charge < -0.3 is 5.11 Å². The molecule has 2 atom stereocenters. The number of halogens is 1. The van der Waals surface area contributed by atoms with E-state index in [1.807, 2.05) is 18.7 Å². The van der Waals surface area contributed by atoms with Gasteiger partial charge in [0.2, 0.25) is 0 Å². The van der Waals surface area contributed by atoms with Gasteiger partial charge in [-0.15, -0.1) is 0 Å². The first-order valence-corrected chi connectivity index (χ1v) is 8.06. The van der Waals surface area contributed by atoms with E-state index >= 15 is 0 Å². The smallest absolute Gasteiger partial charge is 0.306 e. The van der Waals surface area contributed by atoms with Gasteiger partial charge in [0.25, 0.3) is 0 Å². The van der Waals surface area contributed by atoms with Crippen molar-refractivity contribution in [2.75, 3.05) is 0 Å². The second-order valence-electron chi connectivity index (χ2n) is 7.00. The van der Waals surface area contributed by atoms with Gasteiger partial charge in [-0.05, 0) is 43.4 Å². The van der Waals surface area contributed by atoms with Crippen LogP contribution in [0.1, 0.15) is 51.4 Å². The quantitative estimate of drug-likeness (QED) is 0.922. The summed E-state index contributed by atoms with van der Waals surface area (Å²) in [4.78, 5) is 11.5. The van der Waals surface area contributed by atoms with Crippen molar-refractivity contribution in [3.8, 4) is 0 Å². The number of hydrogen-bond donors (Lipinski definition) is 1. The molecule has 1 aliphatic rings. The number of aliphatic carboxylic acids is 1. The summed E-state index contributed by atoms with van der Waals surface area (Å²) in [5.74, 6) is -0.817. The zero-order valence-corrected chi connectivity index (χ0v) is 14.1. The van der Waals surface area contributed by atoms with Gasteiger partial charge in [-0.3, -0.25) is 9.48 Å². The van der Waals surface area contributed by atoms with Crippen LogP contribution in [-0.4, -0.2) is 20.9 Å². The number of carboxylic acids is 1. The molecule has 1 aromatic heterocycles. The molecule has 1 N–H and O–H groups in total. The lowest BCUT2D eigenvalue weighted by Crippen LogP contribution is -2.35. The lowest BCUT2D eigenvalue weighted by atomic mass is 9.66. The Labute approximate surface area is 131 Å². The van der Waals surface area contributed by atoms with E-state index in [1.165, 1.54) is 0 Å². The molecule has 0 bridgehead atoms. The van der Waals surface area contributed by atoms with Crippen molar-refractivity contribution in [3.63, 3.8) is 0 Å². The standard InChI is InChI=1S/C16H25ClN2O2/c1-5-12-14(17)13(19(4)18-12)8-10-9-16(2,3)7-6-11(10)15(20)21/h10-11H,5-9H2,1-4H3,(H,20,21). The molecular weight excluding hydrogens is 288 g/mol. The molecule has 2 unspecified atom stereocenters. The van der Waals surface area contributed by atoms with Gasteiger partial charge in [0, 0.05) is 7.05 Å². The lowest BCUT2D eigenvalue weighted by Gasteiger charge is -2.39. The fraction of sp³-hybridized carbons (Fsp3) is 0.750. The molecule has 0 aromatic carbocycles. The van der Waals surface area contributed by atoms with Crippen LogP contribution in [0.3, 0.4) is 0 Å². The van der Waals surface area contributed by atoms with E-state index in [0.29, 0.717) is 11.4 Å². The molecule has 2 rings (SSSR count). The fourth-order valence-corrected chi connectivity index (χ4v) is 3.94. The van der Waals surface area contributed by atoms with Gasteiger partial charge >= 0.3 is 5.97 Å². The van der Waals surface area contributed by atoms with Crippen molar-refractivity contribution in [3.05, 3.63) is 16.4 Å². The predicted octanol–water partition coefficient (Wildman–Crippen LogP) is 3.71. The van der Waals surface area contributed by atoms with Crippen molar-refractivity contribution >= 4 is 17.6 Å². The van der Waals surface area contributed by atoms with Crippen molar-refractivity contribution in [1.82, 2.24) is 9.78 Å². The highest BCUT2D eigenvalue weighted by Gasteiger charge is 2.39. The molecular formula is C16H25ClN2O2. The molecule has 1 heterocycles. The monoisotopic (exact) mass is 312 g/mol. The van der Waals surface area contributed by atoms with Gasteiger partial charge in [0.1, 0.15) is 0 Å². The molecule has 1 saturated carbocycles. The molecule has 5 heteroatoms. The second kappa shape index (κ2) is 5.99. The molecule has 1 aliphatic carbocycles. The molecule has 0 radical (unpaired) electrons. The molecule has 4 nitrogen and oxygen atoms in total. The molecule has 0 spiro atoms. The van der Waals surface area contributed by atoms with Crippen molar-refractivity contribution < 1.29 is 9.90 Å². The maximum Gasteiger partial charge on any atom is 0.306 e. The first kappa shape index (κ1) is 16.3. The molecule has 0 aliphatic heterocycles. The topological polar surface area (TPSA) is 55.1 Å². The Morgan fingerprint density at radius 1 is 1.52 bits per heavy atom. The first-order chi connectivity index (χ1) is 9.75. The summed E-state index contributed by atoms with van der Waals surface area (Å²) in [7, 11) is 1.89. The van der Waals surface area contributed by atoms with E-state index in [9.17, 15) is 9.90 Å². The minimum atomic E-state index is -0.676. The summed E-state index contributed by atoms with van der Waals surface area (Å²) < 4.78 is 1.82. The van der Waals surface area contributed by atoms with Crippen LogP contribution >= 0.6 is 11.6 Å². The van der Waals surface area contributed by atoms with Crippen LogP contribution in [0.4, 0.5) is 0 Å². The zero-order valence-electron chi connectivity index (χ0n) is 13.3. The largest absolute Gasteiger partial charge is 0.481 e. The SMILES string of the molecule is CCc1nn(C)c(CC2CC(C)(C)CCC2C(=O)O)c1Cl. The van der Waals surface area contributed by atoms with Crippen LogP contribution in [0, 0.1) is 17.3 Å². The highest BCUT2D eigenvalue weighted by atomic mass is 35.5. The van der Waals surface area contributed by atoms with E-state index in [1.54, 1.807) is 0 Å². The van der Waals surface area contributed by atoms with Gasteiger partial charge in [-0.2, -0.15) is 5.10 Å². The molecule has 118 valence electrons. The first-order valence-electron chi connectivity index (χ1n) is 7.68. The number of carboxylic acid groups (broad SMARTS) is 1. The summed E-state index contributed by atoms with van der Waals surface area (Å²) in [6.07, 6.45) is 4.14. The number of aryl methyl sites for hydroxylation is 2. The number of aromatic nitrogens is 2. The number of rotatable bonds is 4. The van der Waals surface area contributed by atoms with Gasteiger partial charge in [0.15, 0.2) is 0 Å². The minimum Gasteiger partial charge on any atom is -0.481 e. The third-order valence-electron chi connectivity index (χ3n) is 4.79. The van der Waals surface area contributed by atoms with Crippen LogP contribution in [0.2, 0.25) is 5.02 Å². The van der Waals surface area contributed by atoms with Crippen LogP contribution in [-0.2, 0) is 24.7 Å². The number of hydrogen-bond acceptors (Lipinski definition) is 2. The molecule has 21 heavy (non-hydrogen) atoms. The highest BCUT2D eigenvalue weighted by molar-refractivity contribution is 6.31. The summed E-state index contributed by atoms with van der Waals surface area (Å²) in [5, 5.41) is 14.6. The maximum absolute atomic E-state index is 11.5. The summed E-state index contributed by atoms with van der Waals surface area (Å²) in [5.41, 5.74) is 2.08. The second-order valence-corrected chi connectivity index (χ2v) is 7.38. The van der Waals surface area contributed by atoms with Crippen molar-refractivity contribution in [1.29, 1.82) is 0 Å². The minimum absolute atomic E-state index is 0.129. The van der Waals surface area contributed by atoms with Gasteiger partial charge in [-0.25, -0.2) is 0 Å². The van der Waals surface area contributed by atoms with Gasteiger partial charge in [-0.1, -0.05) is 32.4 Å². The Hall–Kier alpha value is -1.03. The zero-order chi connectivity index (χ0) is 15.8. The summed E-state index contributed by atoms with van der Waals surface area (Å²) in [6, 6.07) is 0. The average Bonchev–Trinajstić information content (AvgIpc) is 2.65. The molecule has 1 fully saturated rings.